The van der Waals surface area contributed by atoms with E-state index in [4.69, 9.17) is 16.3 Å². The molecule has 2 N–H and O–H groups in total. The van der Waals surface area contributed by atoms with E-state index >= 15 is 0 Å². The number of hydrogen-bond acceptors (Lipinski definition) is 3. The minimum Gasteiger partial charge on any atom is -0.493 e. The largest absolute Gasteiger partial charge is 0.493 e. The summed E-state index contributed by atoms with van der Waals surface area (Å²) in [5.74, 6) is 0.741. The first kappa shape index (κ1) is 16.8. The summed E-state index contributed by atoms with van der Waals surface area (Å²) in [6, 6.07) is 5.58. The Balaban J connectivity index is 2.55. The molecule has 0 heterocycles. The molecule has 0 fully saturated rings. The minimum atomic E-state index is 0.000172. The zero-order chi connectivity index (χ0) is 14.8. The quantitative estimate of drug-likeness (QED) is 0.689. The van der Waals surface area contributed by atoms with E-state index in [-0.39, 0.29) is 5.91 Å². The smallest absolute Gasteiger partial charge is 0.223 e. The van der Waals surface area contributed by atoms with Crippen LogP contribution in [0.25, 0.3) is 0 Å². The van der Waals surface area contributed by atoms with Crippen LogP contribution in [0.3, 0.4) is 0 Å². The molecule has 0 aromatic heterocycles. The van der Waals surface area contributed by atoms with Crippen LogP contribution in [0.5, 0.6) is 5.75 Å². The second kappa shape index (κ2) is 9.61. The van der Waals surface area contributed by atoms with Gasteiger partial charge in [-0.25, -0.2) is 0 Å². The molecule has 0 radical (unpaired) electrons. The molecule has 0 saturated heterocycles. The van der Waals surface area contributed by atoms with Gasteiger partial charge in [-0.05, 0) is 32.0 Å². The summed E-state index contributed by atoms with van der Waals surface area (Å²) >= 11 is 6.20. The Labute approximate surface area is 125 Å². The van der Waals surface area contributed by atoms with Gasteiger partial charge in [0.1, 0.15) is 5.75 Å². The van der Waals surface area contributed by atoms with Crippen LogP contribution < -0.4 is 15.4 Å². The summed E-state index contributed by atoms with van der Waals surface area (Å²) < 4.78 is 5.68. The highest BCUT2D eigenvalue weighted by molar-refractivity contribution is 6.31. The topological polar surface area (TPSA) is 50.4 Å². The average Bonchev–Trinajstić information content (AvgIpc) is 2.42. The normalized spacial score (nSPS) is 10.3. The Kier molecular flexibility index (Phi) is 8.07. The molecule has 0 bridgehead atoms. The predicted molar refractivity (Wildman–Crippen MR) is 82.2 cm³/mol. The van der Waals surface area contributed by atoms with Crippen LogP contribution in [0.2, 0.25) is 5.02 Å². The number of amides is 1. The number of carbonyl (C=O) groups excluding carboxylic acids is 1. The Morgan fingerprint density at radius 2 is 2.15 bits per heavy atom. The molecule has 4 nitrogen and oxygen atoms in total. The summed E-state index contributed by atoms with van der Waals surface area (Å²) in [6.07, 6.45) is 1.42. The van der Waals surface area contributed by atoms with Crippen molar-refractivity contribution in [2.24, 2.45) is 0 Å². The van der Waals surface area contributed by atoms with Crippen LogP contribution in [0.1, 0.15) is 32.3 Å². The molecule has 0 aliphatic heterocycles. The summed E-state index contributed by atoms with van der Waals surface area (Å²) in [5.41, 5.74) is 0.943. The zero-order valence-corrected chi connectivity index (χ0v) is 12.9. The Hall–Kier alpha value is -1.26. The van der Waals surface area contributed by atoms with Gasteiger partial charge in [-0.2, -0.15) is 0 Å². The molecule has 0 unspecified atom stereocenters. The third-order valence-corrected chi connectivity index (χ3v) is 3.12. The Morgan fingerprint density at radius 1 is 1.35 bits per heavy atom. The lowest BCUT2D eigenvalue weighted by Gasteiger charge is -2.13. The van der Waals surface area contributed by atoms with Gasteiger partial charge in [-0.3, -0.25) is 4.79 Å². The summed E-state index contributed by atoms with van der Waals surface area (Å²) in [6.45, 7) is 6.61. The molecule has 0 spiro atoms. The van der Waals surface area contributed by atoms with E-state index in [1.807, 2.05) is 25.1 Å². The number of nitrogens with one attached hydrogen (secondary N) is 2. The van der Waals surface area contributed by atoms with Crippen LogP contribution in [-0.2, 0) is 11.3 Å². The van der Waals surface area contributed by atoms with Gasteiger partial charge in [0, 0.05) is 23.7 Å². The predicted octanol–water partition coefficient (Wildman–Crippen LogP) is 2.74. The fourth-order valence-corrected chi connectivity index (χ4v) is 2.01. The number of hydrogen-bond donors (Lipinski definition) is 2. The van der Waals surface area contributed by atoms with Crippen molar-refractivity contribution in [1.82, 2.24) is 10.6 Å². The summed E-state index contributed by atoms with van der Waals surface area (Å²) in [5, 5.41) is 6.74. The maximum Gasteiger partial charge on any atom is 0.223 e. The third-order valence-electron chi connectivity index (χ3n) is 2.77. The van der Waals surface area contributed by atoms with Gasteiger partial charge in [-0.15, -0.1) is 0 Å². The highest BCUT2D eigenvalue weighted by atomic mass is 35.5. The van der Waals surface area contributed by atoms with Crippen LogP contribution in [-0.4, -0.2) is 25.6 Å². The van der Waals surface area contributed by atoms with Crippen LogP contribution in [0.4, 0.5) is 0 Å². The van der Waals surface area contributed by atoms with Gasteiger partial charge in [-0.1, -0.05) is 24.6 Å². The molecule has 5 heteroatoms. The lowest BCUT2D eigenvalue weighted by molar-refractivity contribution is -0.121. The van der Waals surface area contributed by atoms with Gasteiger partial charge in [0.2, 0.25) is 5.91 Å². The minimum absolute atomic E-state index is 0.000172. The average molecular weight is 299 g/mol. The second-order valence-corrected chi connectivity index (χ2v) is 4.85. The summed E-state index contributed by atoms with van der Waals surface area (Å²) in [4.78, 5) is 11.4. The van der Waals surface area contributed by atoms with E-state index in [9.17, 15) is 4.79 Å². The Bertz CT molecular complexity index is 424. The first-order valence-corrected chi connectivity index (χ1v) is 7.44. The molecule has 0 atom stereocenters. The molecule has 1 rings (SSSR count). The van der Waals surface area contributed by atoms with E-state index in [0.29, 0.717) is 31.1 Å². The van der Waals surface area contributed by atoms with E-state index < -0.39 is 0 Å². The van der Waals surface area contributed by atoms with E-state index in [2.05, 4.69) is 17.6 Å². The molecule has 0 aliphatic carbocycles. The first-order chi connectivity index (χ1) is 9.69. The molecule has 1 amide bonds. The van der Waals surface area contributed by atoms with Crippen molar-refractivity contribution >= 4 is 17.5 Å². The second-order valence-electron chi connectivity index (χ2n) is 4.45. The van der Waals surface area contributed by atoms with E-state index in [1.165, 1.54) is 0 Å². The monoisotopic (exact) mass is 298 g/mol. The number of carbonyl (C=O) groups is 1. The number of benzene rings is 1. The molecule has 20 heavy (non-hydrogen) atoms. The molecular formula is C15H23ClN2O2. The third kappa shape index (κ3) is 5.80. The van der Waals surface area contributed by atoms with Crippen LogP contribution in [0.15, 0.2) is 18.2 Å². The fourth-order valence-electron chi connectivity index (χ4n) is 1.78. The first-order valence-electron chi connectivity index (χ1n) is 7.06. The standard InChI is InChI=1S/C15H23ClN2O2/c1-3-9-17-11-12-13(16)6-5-7-14(12)20-10-8-15(19)18-4-2/h5-7,17H,3-4,8-11H2,1-2H3,(H,18,19). The number of ether oxygens (including phenoxy) is 1. The van der Waals surface area contributed by atoms with Crippen molar-refractivity contribution in [3.05, 3.63) is 28.8 Å². The molecule has 1 aromatic carbocycles. The number of rotatable bonds is 9. The molecule has 112 valence electrons. The Morgan fingerprint density at radius 3 is 2.85 bits per heavy atom. The van der Waals surface area contributed by atoms with Crippen molar-refractivity contribution in [1.29, 1.82) is 0 Å². The maximum absolute atomic E-state index is 11.4. The SMILES string of the molecule is CCCNCc1c(Cl)cccc1OCCC(=O)NCC. The molecule has 1 aromatic rings. The molecular weight excluding hydrogens is 276 g/mol. The maximum atomic E-state index is 11.4. The lowest BCUT2D eigenvalue weighted by atomic mass is 10.2. The zero-order valence-electron chi connectivity index (χ0n) is 12.2. The number of halogens is 1. The van der Waals surface area contributed by atoms with Gasteiger partial charge in [0.15, 0.2) is 0 Å². The van der Waals surface area contributed by atoms with Gasteiger partial charge in [0.05, 0.1) is 13.0 Å². The highest BCUT2D eigenvalue weighted by Crippen LogP contribution is 2.26. The fraction of sp³-hybridized carbons (Fsp3) is 0.533. The lowest BCUT2D eigenvalue weighted by Crippen LogP contribution is -2.24. The van der Waals surface area contributed by atoms with E-state index in [1.54, 1.807) is 0 Å². The van der Waals surface area contributed by atoms with Gasteiger partial charge >= 0.3 is 0 Å². The van der Waals surface area contributed by atoms with Crippen molar-refractivity contribution in [3.63, 3.8) is 0 Å². The van der Waals surface area contributed by atoms with Gasteiger partial charge in [0.25, 0.3) is 0 Å². The molecule has 0 saturated carbocycles. The van der Waals surface area contributed by atoms with Crippen molar-refractivity contribution in [2.75, 3.05) is 19.7 Å². The van der Waals surface area contributed by atoms with Gasteiger partial charge < -0.3 is 15.4 Å². The summed E-state index contributed by atoms with van der Waals surface area (Å²) in [7, 11) is 0. The van der Waals surface area contributed by atoms with E-state index in [0.717, 1.165) is 24.3 Å². The molecule has 0 aliphatic rings. The van der Waals surface area contributed by atoms with Crippen molar-refractivity contribution in [3.8, 4) is 5.75 Å². The van der Waals surface area contributed by atoms with Crippen molar-refractivity contribution in [2.45, 2.75) is 33.2 Å². The van der Waals surface area contributed by atoms with Crippen molar-refractivity contribution < 1.29 is 9.53 Å². The van der Waals surface area contributed by atoms with Crippen LogP contribution >= 0.6 is 11.6 Å². The highest BCUT2D eigenvalue weighted by Gasteiger charge is 2.08. The van der Waals surface area contributed by atoms with Crippen LogP contribution in [0, 0.1) is 0 Å².